The van der Waals surface area contributed by atoms with Crippen molar-refractivity contribution in [2.24, 2.45) is 0 Å². The highest BCUT2D eigenvalue weighted by molar-refractivity contribution is 7.99. The van der Waals surface area contributed by atoms with Gasteiger partial charge in [0.25, 0.3) is 5.56 Å². The number of aromatic nitrogens is 3. The first kappa shape index (κ1) is 13.8. The number of rotatable bonds is 3. The van der Waals surface area contributed by atoms with Crippen LogP contribution in [-0.2, 0) is 11.2 Å². The molecule has 3 rings (SSSR count). The molecule has 21 heavy (non-hydrogen) atoms. The van der Waals surface area contributed by atoms with Crippen LogP contribution in [0.5, 0.6) is 0 Å². The Kier molecular flexibility index (Phi) is 3.74. The van der Waals surface area contributed by atoms with Gasteiger partial charge in [-0.05, 0) is 25.0 Å². The minimum atomic E-state index is -0.272. The van der Waals surface area contributed by atoms with Gasteiger partial charge in [-0.25, -0.2) is 0 Å². The van der Waals surface area contributed by atoms with E-state index < -0.39 is 0 Å². The Labute approximate surface area is 125 Å². The van der Waals surface area contributed by atoms with Crippen molar-refractivity contribution in [1.82, 2.24) is 15.2 Å². The zero-order chi connectivity index (χ0) is 14.8. The maximum absolute atomic E-state index is 12.3. The Morgan fingerprint density at radius 1 is 1.38 bits per heavy atom. The number of hydrogen-bond donors (Lipinski definition) is 1. The number of para-hydroxylation sites is 1. The molecular formula is C14H14N4O2S. The Balaban J connectivity index is 1.68. The standard InChI is InChI=1S/C14H14N4O2S/c1-9-13(20)15-14(17-16-9)21-8-12(19)18-7-6-10-4-2-3-5-11(10)18/h2-5H,6-8H2,1H3,(H,15,17,20). The second kappa shape index (κ2) is 5.69. The first-order valence-corrected chi connectivity index (χ1v) is 7.58. The van der Waals surface area contributed by atoms with E-state index in [9.17, 15) is 9.59 Å². The molecule has 1 aromatic heterocycles. The van der Waals surface area contributed by atoms with Gasteiger partial charge in [0, 0.05) is 12.2 Å². The van der Waals surface area contributed by atoms with E-state index in [1.54, 1.807) is 11.8 Å². The van der Waals surface area contributed by atoms with E-state index in [1.807, 2.05) is 24.3 Å². The monoisotopic (exact) mass is 302 g/mol. The van der Waals surface area contributed by atoms with Crippen LogP contribution in [0.3, 0.4) is 0 Å². The van der Waals surface area contributed by atoms with Gasteiger partial charge >= 0.3 is 0 Å². The molecule has 0 aliphatic carbocycles. The lowest BCUT2D eigenvalue weighted by molar-refractivity contribution is -0.116. The number of nitrogens with one attached hydrogen (secondary N) is 1. The first-order valence-electron chi connectivity index (χ1n) is 6.60. The number of carbonyl (C=O) groups is 1. The minimum Gasteiger partial charge on any atom is -0.311 e. The molecule has 0 bridgehead atoms. The minimum absolute atomic E-state index is 0.00757. The summed E-state index contributed by atoms with van der Waals surface area (Å²) in [5, 5.41) is 7.99. The third-order valence-corrected chi connectivity index (χ3v) is 4.21. The molecule has 1 aromatic carbocycles. The number of nitrogens with zero attached hydrogens (tertiary/aromatic N) is 3. The second-order valence-corrected chi connectivity index (χ2v) is 5.72. The van der Waals surface area contributed by atoms with E-state index in [-0.39, 0.29) is 17.2 Å². The first-order chi connectivity index (χ1) is 10.1. The van der Waals surface area contributed by atoms with Gasteiger partial charge < -0.3 is 4.90 Å². The molecule has 2 heterocycles. The number of benzene rings is 1. The van der Waals surface area contributed by atoms with Gasteiger partial charge in [-0.2, -0.15) is 0 Å². The van der Waals surface area contributed by atoms with E-state index in [1.165, 1.54) is 17.3 Å². The summed E-state index contributed by atoms with van der Waals surface area (Å²) in [5.41, 5.74) is 2.22. The lowest BCUT2D eigenvalue weighted by Gasteiger charge is -2.16. The fourth-order valence-corrected chi connectivity index (χ4v) is 2.93. The average Bonchev–Trinajstić information content (AvgIpc) is 2.92. The van der Waals surface area contributed by atoms with Crippen LogP contribution in [0.15, 0.2) is 34.2 Å². The Morgan fingerprint density at radius 2 is 2.19 bits per heavy atom. The molecule has 0 atom stereocenters. The summed E-state index contributed by atoms with van der Waals surface area (Å²) in [5.74, 6) is 0.232. The second-order valence-electron chi connectivity index (χ2n) is 4.76. The average molecular weight is 302 g/mol. The zero-order valence-electron chi connectivity index (χ0n) is 11.5. The molecule has 6 nitrogen and oxygen atoms in total. The summed E-state index contributed by atoms with van der Waals surface area (Å²) >= 11 is 1.19. The number of fused-ring (bicyclic) bond motifs is 1. The maximum atomic E-state index is 12.3. The van der Waals surface area contributed by atoms with Crippen molar-refractivity contribution in [2.45, 2.75) is 18.5 Å². The van der Waals surface area contributed by atoms with Gasteiger partial charge in [-0.3, -0.25) is 14.6 Å². The molecule has 108 valence electrons. The molecule has 1 N–H and O–H groups in total. The zero-order valence-corrected chi connectivity index (χ0v) is 12.3. The highest BCUT2D eigenvalue weighted by Crippen LogP contribution is 2.28. The SMILES string of the molecule is Cc1nnc(SCC(=O)N2CCc3ccccc32)[nH]c1=O. The van der Waals surface area contributed by atoms with Crippen LogP contribution in [-0.4, -0.2) is 33.4 Å². The number of carbonyl (C=O) groups excluding carboxylic acids is 1. The normalized spacial score (nSPS) is 13.3. The third-order valence-electron chi connectivity index (χ3n) is 3.36. The van der Waals surface area contributed by atoms with Crippen molar-refractivity contribution in [3.63, 3.8) is 0 Å². The quantitative estimate of drug-likeness (QED) is 0.861. The molecule has 1 amide bonds. The lowest BCUT2D eigenvalue weighted by Crippen LogP contribution is -2.30. The summed E-state index contributed by atoms with van der Waals surface area (Å²) in [6, 6.07) is 7.91. The van der Waals surface area contributed by atoms with Crippen LogP contribution < -0.4 is 10.5 Å². The number of hydrogen-bond acceptors (Lipinski definition) is 5. The van der Waals surface area contributed by atoms with Gasteiger partial charge in [0.2, 0.25) is 5.91 Å². The largest absolute Gasteiger partial charge is 0.311 e. The molecule has 0 radical (unpaired) electrons. The van der Waals surface area contributed by atoms with E-state index >= 15 is 0 Å². The van der Waals surface area contributed by atoms with Gasteiger partial charge in [0.15, 0.2) is 5.16 Å². The van der Waals surface area contributed by atoms with Crippen LogP contribution in [0.4, 0.5) is 5.69 Å². The van der Waals surface area contributed by atoms with Crippen molar-refractivity contribution >= 4 is 23.4 Å². The highest BCUT2D eigenvalue weighted by atomic mass is 32.2. The van der Waals surface area contributed by atoms with Gasteiger partial charge in [0.05, 0.1) is 5.75 Å². The van der Waals surface area contributed by atoms with E-state index in [2.05, 4.69) is 15.2 Å². The van der Waals surface area contributed by atoms with Gasteiger partial charge in [0.1, 0.15) is 5.69 Å². The van der Waals surface area contributed by atoms with Crippen LogP contribution in [0, 0.1) is 6.92 Å². The molecule has 0 fully saturated rings. The number of thioether (sulfide) groups is 1. The molecule has 0 spiro atoms. The fraction of sp³-hybridized carbons (Fsp3) is 0.286. The Hall–Kier alpha value is -2.15. The summed E-state index contributed by atoms with van der Waals surface area (Å²) in [4.78, 5) is 28.1. The van der Waals surface area contributed by atoms with Gasteiger partial charge in [-0.15, -0.1) is 10.2 Å². The molecule has 2 aromatic rings. The summed E-state index contributed by atoms with van der Waals surface area (Å²) in [6.07, 6.45) is 0.883. The number of aryl methyl sites for hydroxylation is 1. The number of H-pyrrole nitrogens is 1. The summed E-state index contributed by atoms with van der Waals surface area (Å²) in [6.45, 7) is 2.29. The predicted molar refractivity (Wildman–Crippen MR) is 80.6 cm³/mol. The van der Waals surface area contributed by atoms with Gasteiger partial charge in [-0.1, -0.05) is 30.0 Å². The van der Waals surface area contributed by atoms with Crippen LogP contribution in [0.1, 0.15) is 11.3 Å². The Morgan fingerprint density at radius 3 is 3.00 bits per heavy atom. The summed E-state index contributed by atoms with van der Waals surface area (Å²) in [7, 11) is 0. The maximum Gasteiger partial charge on any atom is 0.273 e. The van der Waals surface area contributed by atoms with Crippen molar-refractivity contribution in [1.29, 1.82) is 0 Å². The molecule has 0 unspecified atom stereocenters. The third kappa shape index (κ3) is 2.82. The molecule has 7 heteroatoms. The molecular weight excluding hydrogens is 288 g/mol. The van der Waals surface area contributed by atoms with Crippen molar-refractivity contribution < 1.29 is 4.79 Å². The highest BCUT2D eigenvalue weighted by Gasteiger charge is 2.24. The topological polar surface area (TPSA) is 79.0 Å². The number of amides is 1. The molecule has 0 saturated heterocycles. The predicted octanol–water partition coefficient (Wildman–Crippen LogP) is 1.15. The van der Waals surface area contributed by atoms with Crippen molar-refractivity contribution in [2.75, 3.05) is 17.2 Å². The number of aromatic amines is 1. The van der Waals surface area contributed by atoms with E-state index in [0.717, 1.165) is 12.1 Å². The van der Waals surface area contributed by atoms with Crippen molar-refractivity contribution in [3.05, 3.63) is 45.9 Å². The number of anilines is 1. The van der Waals surface area contributed by atoms with E-state index in [4.69, 9.17) is 0 Å². The molecule has 1 aliphatic rings. The molecule has 0 saturated carbocycles. The van der Waals surface area contributed by atoms with E-state index in [0.29, 0.717) is 17.4 Å². The van der Waals surface area contributed by atoms with Crippen molar-refractivity contribution in [3.8, 4) is 0 Å². The lowest BCUT2D eigenvalue weighted by atomic mass is 10.2. The fourth-order valence-electron chi connectivity index (χ4n) is 2.25. The smallest absolute Gasteiger partial charge is 0.273 e. The Bertz CT molecular complexity index is 744. The van der Waals surface area contributed by atoms with Crippen LogP contribution in [0.2, 0.25) is 0 Å². The van der Waals surface area contributed by atoms with Crippen LogP contribution in [0.25, 0.3) is 0 Å². The molecule has 1 aliphatic heterocycles. The van der Waals surface area contributed by atoms with Crippen LogP contribution >= 0.6 is 11.8 Å². The summed E-state index contributed by atoms with van der Waals surface area (Å²) < 4.78 is 0.